The second-order valence-electron chi connectivity index (χ2n) is 6.03. The molecular formula is C12H24N2O3S. The number of ether oxygens (including phenoxy) is 1. The highest BCUT2D eigenvalue weighted by Crippen LogP contribution is 2.23. The van der Waals surface area contributed by atoms with Crippen LogP contribution in [-0.4, -0.2) is 55.9 Å². The van der Waals surface area contributed by atoms with Crippen LogP contribution in [0.2, 0.25) is 0 Å². The van der Waals surface area contributed by atoms with Crippen molar-refractivity contribution in [3.63, 3.8) is 0 Å². The molecule has 1 unspecified atom stereocenters. The first-order chi connectivity index (χ1) is 8.28. The van der Waals surface area contributed by atoms with Crippen LogP contribution in [0.25, 0.3) is 0 Å². The number of sulfonamides is 1. The molecule has 1 saturated heterocycles. The van der Waals surface area contributed by atoms with E-state index in [0.717, 1.165) is 0 Å². The van der Waals surface area contributed by atoms with Crippen molar-refractivity contribution < 1.29 is 13.2 Å². The van der Waals surface area contributed by atoms with Gasteiger partial charge in [0.25, 0.3) is 0 Å². The van der Waals surface area contributed by atoms with E-state index in [0.29, 0.717) is 25.7 Å². The minimum atomic E-state index is -3.16. The fourth-order valence-corrected chi connectivity index (χ4v) is 3.99. The van der Waals surface area contributed by atoms with Gasteiger partial charge in [-0.05, 0) is 33.6 Å². The van der Waals surface area contributed by atoms with Crippen LogP contribution in [0.3, 0.4) is 0 Å². The Labute approximate surface area is 110 Å². The van der Waals surface area contributed by atoms with Crippen LogP contribution >= 0.6 is 0 Å². The fourth-order valence-electron chi connectivity index (χ4n) is 2.42. The summed E-state index contributed by atoms with van der Waals surface area (Å²) in [4.78, 5) is 0. The highest BCUT2D eigenvalue weighted by atomic mass is 32.2. The molecule has 0 radical (unpaired) electrons. The lowest BCUT2D eigenvalue weighted by Crippen LogP contribution is -2.54. The number of morpholine rings is 1. The summed E-state index contributed by atoms with van der Waals surface area (Å²) in [7, 11) is -3.16. The van der Waals surface area contributed by atoms with E-state index in [-0.39, 0.29) is 11.9 Å². The molecule has 0 bridgehead atoms. The molecular weight excluding hydrogens is 252 g/mol. The van der Waals surface area contributed by atoms with Gasteiger partial charge < -0.3 is 10.1 Å². The van der Waals surface area contributed by atoms with Crippen molar-refractivity contribution in [2.24, 2.45) is 0 Å². The summed E-state index contributed by atoms with van der Waals surface area (Å²) in [6.45, 7) is 7.27. The van der Waals surface area contributed by atoms with E-state index in [4.69, 9.17) is 4.74 Å². The van der Waals surface area contributed by atoms with Gasteiger partial charge in [-0.2, -0.15) is 4.31 Å². The molecule has 1 N–H and O–H groups in total. The Balaban J connectivity index is 1.90. The van der Waals surface area contributed by atoms with Gasteiger partial charge in [-0.1, -0.05) is 0 Å². The molecule has 18 heavy (non-hydrogen) atoms. The van der Waals surface area contributed by atoms with Gasteiger partial charge in [0.05, 0.1) is 17.5 Å². The minimum Gasteiger partial charge on any atom is -0.370 e. The predicted molar refractivity (Wildman–Crippen MR) is 71.0 cm³/mol. The normalized spacial score (nSPS) is 29.4. The van der Waals surface area contributed by atoms with Gasteiger partial charge in [0.15, 0.2) is 0 Å². The second kappa shape index (κ2) is 5.07. The van der Waals surface area contributed by atoms with Crippen LogP contribution in [0.4, 0.5) is 0 Å². The van der Waals surface area contributed by atoms with Gasteiger partial charge in [-0.25, -0.2) is 8.42 Å². The quantitative estimate of drug-likeness (QED) is 0.797. The first-order valence-corrected chi connectivity index (χ1v) is 8.28. The van der Waals surface area contributed by atoms with Gasteiger partial charge in [-0.3, -0.25) is 0 Å². The fraction of sp³-hybridized carbons (Fsp3) is 1.00. The Morgan fingerprint density at radius 3 is 2.61 bits per heavy atom. The number of hydrogen-bond acceptors (Lipinski definition) is 4. The molecule has 2 fully saturated rings. The van der Waals surface area contributed by atoms with Crippen molar-refractivity contribution in [1.29, 1.82) is 0 Å². The number of hydrogen-bond donors (Lipinski definition) is 1. The Hall–Kier alpha value is -0.170. The molecule has 106 valence electrons. The van der Waals surface area contributed by atoms with Crippen molar-refractivity contribution >= 4 is 10.0 Å². The summed E-state index contributed by atoms with van der Waals surface area (Å²) >= 11 is 0. The van der Waals surface area contributed by atoms with Crippen molar-refractivity contribution in [3.05, 3.63) is 0 Å². The highest BCUT2D eigenvalue weighted by Gasteiger charge is 2.37. The van der Waals surface area contributed by atoms with E-state index < -0.39 is 15.6 Å². The average molecular weight is 276 g/mol. The molecule has 0 aromatic carbocycles. The summed E-state index contributed by atoms with van der Waals surface area (Å²) in [5.74, 6) is 0.187. The van der Waals surface area contributed by atoms with E-state index in [1.54, 1.807) is 4.31 Å². The molecule has 1 aliphatic heterocycles. The van der Waals surface area contributed by atoms with Crippen LogP contribution in [0, 0.1) is 0 Å². The largest absolute Gasteiger partial charge is 0.370 e. The molecule has 0 aromatic heterocycles. The smallest absolute Gasteiger partial charge is 0.215 e. The third-order valence-corrected chi connectivity index (χ3v) is 5.09. The van der Waals surface area contributed by atoms with E-state index in [9.17, 15) is 8.42 Å². The van der Waals surface area contributed by atoms with Gasteiger partial charge in [-0.15, -0.1) is 0 Å². The lowest BCUT2D eigenvalue weighted by Gasteiger charge is -2.40. The summed E-state index contributed by atoms with van der Waals surface area (Å²) in [5.41, 5.74) is -0.394. The molecule has 2 aliphatic rings. The molecule has 1 atom stereocenters. The predicted octanol–water partition coefficient (Wildman–Crippen LogP) is 0.567. The maximum Gasteiger partial charge on any atom is 0.215 e. The lowest BCUT2D eigenvalue weighted by atomic mass is 10.1. The van der Waals surface area contributed by atoms with Gasteiger partial charge >= 0.3 is 0 Å². The van der Waals surface area contributed by atoms with Crippen LogP contribution in [0.15, 0.2) is 0 Å². The van der Waals surface area contributed by atoms with Crippen LogP contribution < -0.4 is 5.32 Å². The van der Waals surface area contributed by atoms with Crippen molar-refractivity contribution in [2.75, 3.05) is 25.4 Å². The zero-order valence-corrected chi connectivity index (χ0v) is 12.3. The van der Waals surface area contributed by atoms with Crippen molar-refractivity contribution in [3.8, 4) is 0 Å². The first kappa shape index (κ1) is 14.2. The van der Waals surface area contributed by atoms with E-state index >= 15 is 0 Å². The molecule has 1 heterocycles. The van der Waals surface area contributed by atoms with Crippen molar-refractivity contribution in [2.45, 2.75) is 51.4 Å². The maximum absolute atomic E-state index is 12.3. The van der Waals surface area contributed by atoms with Gasteiger partial charge in [0.2, 0.25) is 10.0 Å². The summed E-state index contributed by atoms with van der Waals surface area (Å²) in [6.07, 6.45) is 2.32. The molecule has 6 heteroatoms. The topological polar surface area (TPSA) is 58.6 Å². The van der Waals surface area contributed by atoms with E-state index in [1.165, 1.54) is 12.8 Å². The number of rotatable bonds is 5. The highest BCUT2D eigenvalue weighted by molar-refractivity contribution is 7.89. The molecule has 0 aromatic rings. The van der Waals surface area contributed by atoms with Crippen LogP contribution in [0.5, 0.6) is 0 Å². The third-order valence-electron chi connectivity index (χ3n) is 3.30. The first-order valence-electron chi connectivity index (χ1n) is 6.67. The Kier molecular flexibility index (Phi) is 4.02. The SMILES string of the molecule is CC1CN(S(=O)(=O)CCNC2CC2)CC(C)(C)O1. The molecule has 5 nitrogen and oxygen atoms in total. The number of nitrogens with zero attached hydrogens (tertiary/aromatic N) is 1. The monoisotopic (exact) mass is 276 g/mol. The number of nitrogens with one attached hydrogen (secondary N) is 1. The molecule has 2 rings (SSSR count). The Morgan fingerprint density at radius 1 is 1.39 bits per heavy atom. The lowest BCUT2D eigenvalue weighted by molar-refractivity contribution is -0.109. The van der Waals surface area contributed by atoms with E-state index in [1.807, 2.05) is 20.8 Å². The summed E-state index contributed by atoms with van der Waals surface area (Å²) < 4.78 is 31.8. The molecule has 0 spiro atoms. The third kappa shape index (κ3) is 3.91. The minimum absolute atomic E-state index is 0.0417. The van der Waals surface area contributed by atoms with Crippen LogP contribution in [0.1, 0.15) is 33.6 Å². The Bertz CT molecular complexity index is 390. The summed E-state index contributed by atoms with van der Waals surface area (Å²) in [5, 5.41) is 3.25. The zero-order valence-electron chi connectivity index (χ0n) is 11.5. The maximum atomic E-state index is 12.3. The van der Waals surface area contributed by atoms with Crippen LogP contribution in [-0.2, 0) is 14.8 Å². The summed E-state index contributed by atoms with van der Waals surface area (Å²) in [6, 6.07) is 0.556. The standard InChI is InChI=1S/C12H24N2O3S/c1-10-8-14(9-12(2,3)17-10)18(15,16)7-6-13-11-4-5-11/h10-11,13H,4-9H2,1-3H3. The van der Waals surface area contributed by atoms with Crippen molar-refractivity contribution in [1.82, 2.24) is 9.62 Å². The van der Waals surface area contributed by atoms with Gasteiger partial charge in [0.1, 0.15) is 0 Å². The second-order valence-corrected chi connectivity index (χ2v) is 8.11. The van der Waals surface area contributed by atoms with Gasteiger partial charge in [0, 0.05) is 25.7 Å². The van der Waals surface area contributed by atoms with E-state index in [2.05, 4.69) is 5.32 Å². The zero-order chi connectivity index (χ0) is 13.4. The molecule has 1 aliphatic carbocycles. The average Bonchev–Trinajstić information content (AvgIpc) is 2.98. The molecule has 0 amide bonds. The Morgan fingerprint density at radius 2 is 2.06 bits per heavy atom. The molecule has 1 saturated carbocycles.